The summed E-state index contributed by atoms with van der Waals surface area (Å²) in [4.78, 5) is 4.42. The molecule has 2 unspecified atom stereocenters. The first-order chi connectivity index (χ1) is 9.12. The number of hydrogen-bond donors (Lipinski definition) is 1. The van der Waals surface area contributed by atoms with Crippen LogP contribution in [0, 0.1) is 5.92 Å². The Kier molecular flexibility index (Phi) is 3.58. The predicted octanol–water partition coefficient (Wildman–Crippen LogP) is 0.514. The van der Waals surface area contributed by atoms with Gasteiger partial charge in [0.15, 0.2) is 15.7 Å². The van der Waals surface area contributed by atoms with Crippen LogP contribution < -0.4 is 5.32 Å². The van der Waals surface area contributed by atoms with Crippen LogP contribution in [0.15, 0.2) is 4.52 Å². The molecule has 2 saturated heterocycles. The Morgan fingerprint density at radius 3 is 3.00 bits per heavy atom. The maximum Gasteiger partial charge on any atom is 0.226 e. The second-order valence-electron chi connectivity index (χ2n) is 5.56. The Hall–Kier alpha value is -0.950. The molecule has 1 N–H and O–H groups in total. The van der Waals surface area contributed by atoms with E-state index in [1.807, 2.05) is 0 Å². The van der Waals surface area contributed by atoms with Crippen LogP contribution in [0.4, 0.5) is 0 Å². The molecule has 1 aromatic heterocycles. The number of nitrogens with one attached hydrogen (secondary N) is 1. The van der Waals surface area contributed by atoms with Crippen LogP contribution in [-0.4, -0.2) is 43.2 Å². The Balaban J connectivity index is 1.63. The lowest BCUT2D eigenvalue weighted by molar-refractivity contribution is 0.344. The van der Waals surface area contributed by atoms with Crippen LogP contribution in [-0.2, 0) is 16.3 Å². The maximum atomic E-state index is 11.6. The lowest BCUT2D eigenvalue weighted by Gasteiger charge is -2.19. The first-order valence-electron chi connectivity index (χ1n) is 6.86. The number of hydrogen-bond acceptors (Lipinski definition) is 6. The van der Waals surface area contributed by atoms with Crippen molar-refractivity contribution in [3.05, 3.63) is 11.7 Å². The van der Waals surface area contributed by atoms with Crippen molar-refractivity contribution in [3.8, 4) is 0 Å². The van der Waals surface area contributed by atoms with Gasteiger partial charge in [-0.05, 0) is 31.7 Å². The van der Waals surface area contributed by atoms with Gasteiger partial charge >= 0.3 is 0 Å². The third-order valence-electron chi connectivity index (χ3n) is 3.93. The van der Waals surface area contributed by atoms with Crippen LogP contribution in [0.3, 0.4) is 0 Å². The summed E-state index contributed by atoms with van der Waals surface area (Å²) in [6.07, 6.45) is 3.31. The first-order valence-corrected chi connectivity index (χ1v) is 8.68. The molecule has 2 aliphatic heterocycles. The Bertz CT molecular complexity index is 534. The Labute approximate surface area is 112 Å². The molecular formula is C12H19N3O3S. The second-order valence-corrected chi connectivity index (χ2v) is 7.79. The minimum atomic E-state index is -2.86. The molecule has 2 aliphatic rings. The van der Waals surface area contributed by atoms with E-state index in [1.165, 1.54) is 0 Å². The van der Waals surface area contributed by atoms with Gasteiger partial charge in [-0.25, -0.2) is 8.42 Å². The minimum Gasteiger partial charge on any atom is -0.339 e. The molecule has 7 heteroatoms. The fourth-order valence-corrected chi connectivity index (χ4v) is 4.69. The molecule has 0 bridgehead atoms. The van der Waals surface area contributed by atoms with E-state index in [2.05, 4.69) is 15.5 Å². The van der Waals surface area contributed by atoms with E-state index in [0.29, 0.717) is 24.0 Å². The molecule has 0 saturated carbocycles. The highest BCUT2D eigenvalue weighted by Crippen LogP contribution is 2.24. The van der Waals surface area contributed by atoms with E-state index in [4.69, 9.17) is 4.52 Å². The SMILES string of the molecule is O=S1(=O)CCCC(Cc2nc(C3CCNC3)no2)C1. The normalized spacial score (nSPS) is 30.5. The van der Waals surface area contributed by atoms with Gasteiger partial charge in [0, 0.05) is 18.9 Å². The van der Waals surface area contributed by atoms with Crippen molar-refractivity contribution >= 4 is 9.84 Å². The van der Waals surface area contributed by atoms with Gasteiger partial charge in [0.25, 0.3) is 0 Å². The molecule has 1 aromatic rings. The summed E-state index contributed by atoms with van der Waals surface area (Å²) < 4.78 is 28.4. The van der Waals surface area contributed by atoms with Gasteiger partial charge in [0.1, 0.15) is 0 Å². The topological polar surface area (TPSA) is 85.1 Å². The lowest BCUT2D eigenvalue weighted by atomic mass is 10.0. The van der Waals surface area contributed by atoms with Crippen molar-refractivity contribution < 1.29 is 12.9 Å². The second kappa shape index (κ2) is 5.20. The molecule has 0 aliphatic carbocycles. The summed E-state index contributed by atoms with van der Waals surface area (Å²) in [5.74, 6) is 2.41. The van der Waals surface area contributed by atoms with E-state index in [9.17, 15) is 8.42 Å². The van der Waals surface area contributed by atoms with Crippen LogP contribution in [0.25, 0.3) is 0 Å². The summed E-state index contributed by atoms with van der Waals surface area (Å²) >= 11 is 0. The van der Waals surface area contributed by atoms with E-state index >= 15 is 0 Å². The van der Waals surface area contributed by atoms with Crippen molar-refractivity contribution in [2.24, 2.45) is 5.92 Å². The maximum absolute atomic E-state index is 11.6. The van der Waals surface area contributed by atoms with Gasteiger partial charge in [0.05, 0.1) is 11.5 Å². The monoisotopic (exact) mass is 285 g/mol. The van der Waals surface area contributed by atoms with Gasteiger partial charge < -0.3 is 9.84 Å². The molecule has 6 nitrogen and oxygen atoms in total. The van der Waals surface area contributed by atoms with Crippen LogP contribution in [0.2, 0.25) is 0 Å². The van der Waals surface area contributed by atoms with Crippen molar-refractivity contribution in [3.63, 3.8) is 0 Å². The summed E-state index contributed by atoms with van der Waals surface area (Å²) in [6.45, 7) is 1.90. The van der Waals surface area contributed by atoms with Crippen molar-refractivity contribution in [2.45, 2.75) is 31.6 Å². The third-order valence-corrected chi connectivity index (χ3v) is 5.82. The molecule has 0 spiro atoms. The molecule has 3 heterocycles. The molecule has 19 heavy (non-hydrogen) atoms. The highest BCUT2D eigenvalue weighted by Gasteiger charge is 2.27. The molecule has 2 atom stereocenters. The van der Waals surface area contributed by atoms with E-state index < -0.39 is 9.84 Å². The van der Waals surface area contributed by atoms with Gasteiger partial charge in [-0.3, -0.25) is 0 Å². The average Bonchev–Trinajstić information content (AvgIpc) is 2.96. The molecule has 0 aromatic carbocycles. The molecule has 2 fully saturated rings. The number of nitrogens with zero attached hydrogens (tertiary/aromatic N) is 2. The van der Waals surface area contributed by atoms with Gasteiger partial charge in [-0.2, -0.15) is 4.98 Å². The standard InChI is InChI=1S/C12H19N3O3S/c16-19(17)5-1-2-9(8-19)6-11-14-12(15-18-11)10-3-4-13-7-10/h9-10,13H,1-8H2. The fourth-order valence-electron chi connectivity index (χ4n) is 2.92. The van der Waals surface area contributed by atoms with E-state index in [-0.39, 0.29) is 11.7 Å². The zero-order valence-corrected chi connectivity index (χ0v) is 11.7. The number of rotatable bonds is 3. The van der Waals surface area contributed by atoms with Gasteiger partial charge in [-0.15, -0.1) is 0 Å². The van der Waals surface area contributed by atoms with E-state index in [0.717, 1.165) is 38.2 Å². The summed E-state index contributed by atoms with van der Waals surface area (Å²) in [5.41, 5.74) is 0. The molecule has 0 radical (unpaired) electrons. The lowest BCUT2D eigenvalue weighted by Crippen LogP contribution is -2.26. The van der Waals surface area contributed by atoms with Gasteiger partial charge in [0.2, 0.25) is 5.89 Å². The average molecular weight is 285 g/mol. The van der Waals surface area contributed by atoms with E-state index in [1.54, 1.807) is 0 Å². The van der Waals surface area contributed by atoms with Crippen molar-refractivity contribution in [1.82, 2.24) is 15.5 Å². The summed E-state index contributed by atoms with van der Waals surface area (Å²) in [7, 11) is -2.86. The molecule has 3 rings (SSSR count). The van der Waals surface area contributed by atoms with Crippen molar-refractivity contribution in [2.75, 3.05) is 24.6 Å². The van der Waals surface area contributed by atoms with Crippen LogP contribution >= 0.6 is 0 Å². The molecule has 0 amide bonds. The molecule has 106 valence electrons. The summed E-state index contributed by atoms with van der Waals surface area (Å²) in [5, 5.41) is 7.30. The minimum absolute atomic E-state index is 0.133. The highest BCUT2D eigenvalue weighted by molar-refractivity contribution is 7.91. The fraction of sp³-hybridized carbons (Fsp3) is 0.833. The largest absolute Gasteiger partial charge is 0.339 e. The zero-order valence-electron chi connectivity index (χ0n) is 10.8. The number of sulfone groups is 1. The smallest absolute Gasteiger partial charge is 0.226 e. The first kappa shape index (κ1) is 13.1. The number of aromatic nitrogens is 2. The quantitative estimate of drug-likeness (QED) is 0.871. The third kappa shape index (κ3) is 3.14. The Morgan fingerprint density at radius 2 is 2.26 bits per heavy atom. The van der Waals surface area contributed by atoms with Crippen LogP contribution in [0.5, 0.6) is 0 Å². The Morgan fingerprint density at radius 1 is 1.37 bits per heavy atom. The van der Waals surface area contributed by atoms with Gasteiger partial charge in [-0.1, -0.05) is 5.16 Å². The predicted molar refractivity (Wildman–Crippen MR) is 69.6 cm³/mol. The highest BCUT2D eigenvalue weighted by atomic mass is 32.2. The van der Waals surface area contributed by atoms with Crippen molar-refractivity contribution in [1.29, 1.82) is 0 Å². The molecular weight excluding hydrogens is 266 g/mol. The summed E-state index contributed by atoms with van der Waals surface area (Å²) in [6, 6.07) is 0. The zero-order chi connectivity index (χ0) is 13.3. The van der Waals surface area contributed by atoms with Crippen LogP contribution in [0.1, 0.15) is 36.9 Å².